The van der Waals surface area contributed by atoms with Crippen molar-refractivity contribution in [1.82, 2.24) is 19.1 Å². The first kappa shape index (κ1) is 10.5. The number of rotatable bonds is 3. The van der Waals surface area contributed by atoms with Gasteiger partial charge in [0, 0.05) is 26.1 Å². The summed E-state index contributed by atoms with van der Waals surface area (Å²) >= 11 is 0. The average Bonchev–Trinajstić information content (AvgIpc) is 2.87. The molecule has 2 aromatic rings. The monoisotopic (exact) mass is 234 g/mol. The lowest BCUT2D eigenvalue weighted by Gasteiger charge is -2.04. The molecule has 1 N–H and O–H groups in total. The Balaban J connectivity index is 2.16. The molecule has 0 atom stereocenters. The first-order valence-electron chi connectivity index (χ1n) is 5.86. The number of aryl methyl sites for hydroxylation is 3. The lowest BCUT2D eigenvalue weighted by Crippen LogP contribution is -2.22. The summed E-state index contributed by atoms with van der Waals surface area (Å²) in [7, 11) is 0. The number of aliphatic hydroxyl groups is 1. The molecular weight excluding hydrogens is 220 g/mol. The zero-order valence-corrected chi connectivity index (χ0v) is 9.46. The number of aromatic nitrogens is 4. The number of imidazole rings is 1. The number of nitrogens with zero attached hydrogens (tertiary/aromatic N) is 4. The highest BCUT2D eigenvalue weighted by Gasteiger charge is 2.19. The average molecular weight is 234 g/mol. The molecule has 0 aromatic carbocycles. The van der Waals surface area contributed by atoms with E-state index in [1.807, 2.05) is 4.57 Å². The van der Waals surface area contributed by atoms with Gasteiger partial charge in [0.15, 0.2) is 11.2 Å². The summed E-state index contributed by atoms with van der Waals surface area (Å²) < 4.78 is 3.52. The second-order valence-corrected chi connectivity index (χ2v) is 4.28. The van der Waals surface area contributed by atoms with E-state index >= 15 is 0 Å². The van der Waals surface area contributed by atoms with Crippen LogP contribution >= 0.6 is 0 Å². The largest absolute Gasteiger partial charge is 0.396 e. The van der Waals surface area contributed by atoms with Gasteiger partial charge in [-0.05, 0) is 12.8 Å². The minimum Gasteiger partial charge on any atom is -0.396 e. The van der Waals surface area contributed by atoms with Crippen molar-refractivity contribution in [3.8, 4) is 0 Å². The standard InChI is InChI=1S/C11H14N4O2/c16-6-2-4-14-7-12-10-9(11(14)17)15-5-1-3-8(15)13-10/h7,16H,1-6H2. The van der Waals surface area contributed by atoms with Gasteiger partial charge in [-0.1, -0.05) is 0 Å². The second-order valence-electron chi connectivity index (χ2n) is 4.28. The maximum absolute atomic E-state index is 12.2. The van der Waals surface area contributed by atoms with E-state index in [1.54, 1.807) is 4.57 Å². The molecule has 0 saturated carbocycles. The van der Waals surface area contributed by atoms with Crippen molar-refractivity contribution in [2.45, 2.75) is 32.4 Å². The number of aliphatic hydroxyl groups excluding tert-OH is 1. The predicted octanol–water partition coefficient (Wildman–Crippen LogP) is -0.0784. The van der Waals surface area contributed by atoms with E-state index in [9.17, 15) is 4.79 Å². The Kier molecular flexibility index (Phi) is 2.44. The lowest BCUT2D eigenvalue weighted by atomic mass is 10.4. The maximum Gasteiger partial charge on any atom is 0.279 e. The molecule has 0 fully saturated rings. The highest BCUT2D eigenvalue weighted by molar-refractivity contribution is 5.70. The summed E-state index contributed by atoms with van der Waals surface area (Å²) in [5, 5.41) is 8.79. The van der Waals surface area contributed by atoms with E-state index < -0.39 is 0 Å². The summed E-state index contributed by atoms with van der Waals surface area (Å²) in [6.45, 7) is 1.43. The van der Waals surface area contributed by atoms with Crippen molar-refractivity contribution in [2.24, 2.45) is 0 Å². The van der Waals surface area contributed by atoms with Gasteiger partial charge >= 0.3 is 0 Å². The summed E-state index contributed by atoms with van der Waals surface area (Å²) in [6.07, 6.45) is 4.05. The molecule has 1 aliphatic heterocycles. The van der Waals surface area contributed by atoms with Gasteiger partial charge in [-0.15, -0.1) is 0 Å². The third-order valence-electron chi connectivity index (χ3n) is 3.15. The van der Waals surface area contributed by atoms with Gasteiger partial charge in [-0.2, -0.15) is 0 Å². The maximum atomic E-state index is 12.2. The Morgan fingerprint density at radius 2 is 2.35 bits per heavy atom. The third kappa shape index (κ3) is 1.56. The Hall–Kier alpha value is -1.69. The molecule has 2 aromatic heterocycles. The first-order chi connectivity index (χ1) is 8.31. The van der Waals surface area contributed by atoms with Gasteiger partial charge in [0.25, 0.3) is 5.56 Å². The molecule has 0 bridgehead atoms. The second kappa shape index (κ2) is 3.96. The van der Waals surface area contributed by atoms with Crippen molar-refractivity contribution < 1.29 is 5.11 Å². The van der Waals surface area contributed by atoms with Crippen LogP contribution in [0.3, 0.4) is 0 Å². The summed E-state index contributed by atoms with van der Waals surface area (Å²) in [5.41, 5.74) is 1.10. The van der Waals surface area contributed by atoms with Gasteiger partial charge in [0.1, 0.15) is 12.2 Å². The molecule has 0 aliphatic carbocycles. The van der Waals surface area contributed by atoms with Crippen LogP contribution in [-0.2, 0) is 19.5 Å². The SMILES string of the molecule is O=c1c2c(ncn1CCCO)nc1n2CCC1. The zero-order valence-electron chi connectivity index (χ0n) is 9.46. The van der Waals surface area contributed by atoms with Gasteiger partial charge in [0.05, 0.1) is 0 Å². The van der Waals surface area contributed by atoms with Crippen molar-refractivity contribution >= 4 is 11.2 Å². The molecule has 3 rings (SSSR count). The molecule has 1 aliphatic rings. The predicted molar refractivity (Wildman–Crippen MR) is 61.8 cm³/mol. The molecule has 3 heterocycles. The zero-order chi connectivity index (χ0) is 11.8. The fraction of sp³-hybridized carbons (Fsp3) is 0.545. The van der Waals surface area contributed by atoms with Crippen LogP contribution in [0.15, 0.2) is 11.1 Å². The van der Waals surface area contributed by atoms with Crippen molar-refractivity contribution in [3.63, 3.8) is 0 Å². The van der Waals surface area contributed by atoms with E-state index in [1.165, 1.54) is 6.33 Å². The molecule has 0 saturated heterocycles. The van der Waals surface area contributed by atoms with E-state index in [4.69, 9.17) is 5.11 Å². The van der Waals surface area contributed by atoms with Gasteiger partial charge in [0.2, 0.25) is 0 Å². The molecule has 0 radical (unpaired) electrons. The fourth-order valence-electron chi connectivity index (χ4n) is 2.33. The van der Waals surface area contributed by atoms with Crippen LogP contribution < -0.4 is 5.56 Å². The topological polar surface area (TPSA) is 72.9 Å². The van der Waals surface area contributed by atoms with Crippen LogP contribution in [0, 0.1) is 0 Å². The first-order valence-corrected chi connectivity index (χ1v) is 5.86. The Bertz CT molecular complexity index is 614. The van der Waals surface area contributed by atoms with Crippen LogP contribution in [0.25, 0.3) is 11.2 Å². The number of hydrogen-bond donors (Lipinski definition) is 1. The van der Waals surface area contributed by atoms with Crippen LogP contribution in [0.4, 0.5) is 0 Å². The van der Waals surface area contributed by atoms with Crippen LogP contribution in [0.2, 0.25) is 0 Å². The van der Waals surface area contributed by atoms with Crippen molar-refractivity contribution in [1.29, 1.82) is 0 Å². The molecule has 6 nitrogen and oxygen atoms in total. The normalized spacial score (nSPS) is 14.4. The van der Waals surface area contributed by atoms with Crippen molar-refractivity contribution in [3.05, 3.63) is 22.5 Å². The van der Waals surface area contributed by atoms with E-state index in [-0.39, 0.29) is 12.2 Å². The smallest absolute Gasteiger partial charge is 0.279 e. The third-order valence-corrected chi connectivity index (χ3v) is 3.15. The molecule has 0 amide bonds. The van der Waals surface area contributed by atoms with Crippen LogP contribution in [0.1, 0.15) is 18.7 Å². The van der Waals surface area contributed by atoms with Crippen molar-refractivity contribution in [2.75, 3.05) is 6.61 Å². The molecule has 17 heavy (non-hydrogen) atoms. The highest BCUT2D eigenvalue weighted by atomic mass is 16.3. The highest BCUT2D eigenvalue weighted by Crippen LogP contribution is 2.18. The minimum atomic E-state index is -0.0518. The Morgan fingerprint density at radius 3 is 3.18 bits per heavy atom. The van der Waals surface area contributed by atoms with Crippen LogP contribution in [0.5, 0.6) is 0 Å². The van der Waals surface area contributed by atoms with E-state index in [0.29, 0.717) is 24.1 Å². The molecule has 0 spiro atoms. The minimum absolute atomic E-state index is 0.0518. The number of fused-ring (bicyclic) bond motifs is 3. The molecule has 6 heteroatoms. The Labute approximate surface area is 97.5 Å². The fourth-order valence-corrected chi connectivity index (χ4v) is 2.33. The Morgan fingerprint density at radius 1 is 1.47 bits per heavy atom. The van der Waals surface area contributed by atoms with E-state index in [0.717, 1.165) is 25.2 Å². The van der Waals surface area contributed by atoms with Gasteiger partial charge < -0.3 is 9.67 Å². The van der Waals surface area contributed by atoms with Crippen LogP contribution in [-0.4, -0.2) is 30.8 Å². The molecule has 0 unspecified atom stereocenters. The number of hydrogen-bond acceptors (Lipinski definition) is 4. The summed E-state index contributed by atoms with van der Waals surface area (Å²) in [5.74, 6) is 0.963. The molecular formula is C11H14N4O2. The summed E-state index contributed by atoms with van der Waals surface area (Å²) in [6, 6.07) is 0. The summed E-state index contributed by atoms with van der Waals surface area (Å²) in [4.78, 5) is 20.8. The van der Waals surface area contributed by atoms with E-state index in [2.05, 4.69) is 9.97 Å². The molecule has 90 valence electrons. The quantitative estimate of drug-likeness (QED) is 0.806. The van der Waals surface area contributed by atoms with Gasteiger partial charge in [-0.3, -0.25) is 9.36 Å². The van der Waals surface area contributed by atoms with Gasteiger partial charge in [-0.25, -0.2) is 9.97 Å². The lowest BCUT2D eigenvalue weighted by molar-refractivity contribution is 0.279.